The summed E-state index contributed by atoms with van der Waals surface area (Å²) in [6, 6.07) is 2.37. The Balaban J connectivity index is 3.25. The van der Waals surface area contributed by atoms with E-state index < -0.39 is 34.1 Å². The third kappa shape index (κ3) is 3.44. The van der Waals surface area contributed by atoms with E-state index in [2.05, 4.69) is 4.74 Å². The van der Waals surface area contributed by atoms with E-state index in [9.17, 15) is 28.1 Å². The Morgan fingerprint density at radius 3 is 2.50 bits per heavy atom. The van der Waals surface area contributed by atoms with Gasteiger partial charge in [0, 0.05) is 18.6 Å². The molecule has 8 heteroatoms. The van der Waals surface area contributed by atoms with Gasteiger partial charge < -0.3 is 4.74 Å². The number of nitro groups is 1. The first kappa shape index (κ1) is 13.9. The third-order valence-electron chi connectivity index (χ3n) is 2.02. The van der Waals surface area contributed by atoms with Crippen LogP contribution in [0.1, 0.15) is 23.7 Å². The van der Waals surface area contributed by atoms with Gasteiger partial charge in [-0.05, 0) is 6.07 Å². The van der Waals surface area contributed by atoms with Crippen LogP contribution in [0.3, 0.4) is 0 Å². The Hall–Kier alpha value is -2.12. The van der Waals surface area contributed by atoms with E-state index in [1.54, 1.807) is 0 Å². The fourth-order valence-corrected chi connectivity index (χ4v) is 1.25. The second-order valence-electron chi connectivity index (χ2n) is 3.26. The number of hydrogen-bond donors (Lipinski definition) is 0. The maximum atomic E-state index is 12.1. The highest BCUT2D eigenvalue weighted by Crippen LogP contribution is 2.30. The quantitative estimate of drug-likeness (QED) is 0.475. The van der Waals surface area contributed by atoms with E-state index in [-0.39, 0.29) is 6.42 Å². The maximum absolute atomic E-state index is 12.1. The lowest BCUT2D eigenvalue weighted by Crippen LogP contribution is -2.19. The van der Waals surface area contributed by atoms with Crippen molar-refractivity contribution in [2.45, 2.75) is 19.7 Å². The summed E-state index contributed by atoms with van der Waals surface area (Å²) in [6.45, 7) is 1.43. The molecule has 0 unspecified atom stereocenters. The minimum absolute atomic E-state index is 0.0879. The van der Waals surface area contributed by atoms with E-state index in [0.717, 1.165) is 18.2 Å². The van der Waals surface area contributed by atoms with E-state index in [0.29, 0.717) is 0 Å². The number of hydrogen-bond acceptors (Lipinski definition) is 4. The van der Waals surface area contributed by atoms with E-state index in [1.807, 2.05) is 0 Å². The largest absolute Gasteiger partial charge is 0.573 e. The molecule has 0 fully saturated rings. The SMILES string of the molecule is CCC(=O)c1cc([N+](=O)[O-])ccc1OC(F)(F)F. The van der Waals surface area contributed by atoms with Gasteiger partial charge in [0.25, 0.3) is 5.69 Å². The number of carbonyl (C=O) groups is 1. The maximum Gasteiger partial charge on any atom is 0.573 e. The molecule has 5 nitrogen and oxygen atoms in total. The summed E-state index contributed by atoms with van der Waals surface area (Å²) in [7, 11) is 0. The number of ketones is 1. The molecule has 1 aromatic rings. The van der Waals surface area contributed by atoms with Crippen molar-refractivity contribution < 1.29 is 27.6 Å². The van der Waals surface area contributed by atoms with Crippen molar-refractivity contribution in [2.75, 3.05) is 0 Å². The van der Waals surface area contributed by atoms with Crippen LogP contribution in [0.25, 0.3) is 0 Å². The Morgan fingerprint density at radius 1 is 1.44 bits per heavy atom. The molecule has 0 saturated heterocycles. The first-order valence-corrected chi connectivity index (χ1v) is 4.82. The van der Waals surface area contributed by atoms with Crippen LogP contribution >= 0.6 is 0 Å². The minimum Gasteiger partial charge on any atom is -0.405 e. The fourth-order valence-electron chi connectivity index (χ4n) is 1.25. The zero-order chi connectivity index (χ0) is 13.9. The molecule has 0 saturated carbocycles. The Bertz CT molecular complexity index is 485. The van der Waals surface area contributed by atoms with E-state index in [1.165, 1.54) is 6.92 Å². The molecule has 1 aromatic carbocycles. The highest BCUT2D eigenvalue weighted by molar-refractivity contribution is 5.99. The van der Waals surface area contributed by atoms with Gasteiger partial charge in [-0.3, -0.25) is 14.9 Å². The lowest BCUT2D eigenvalue weighted by atomic mass is 10.1. The highest BCUT2D eigenvalue weighted by atomic mass is 19.4. The monoisotopic (exact) mass is 263 g/mol. The first-order chi connectivity index (χ1) is 8.24. The molecule has 0 aliphatic rings. The van der Waals surface area contributed by atoms with Gasteiger partial charge >= 0.3 is 6.36 Å². The van der Waals surface area contributed by atoms with Crippen molar-refractivity contribution in [1.29, 1.82) is 0 Å². The lowest BCUT2D eigenvalue weighted by molar-refractivity contribution is -0.385. The molecule has 0 aliphatic heterocycles. The lowest BCUT2D eigenvalue weighted by Gasteiger charge is -2.11. The molecule has 98 valence electrons. The topological polar surface area (TPSA) is 69.4 Å². The number of alkyl halides is 3. The summed E-state index contributed by atoms with van der Waals surface area (Å²) in [5.74, 6) is -1.40. The molecule has 0 aliphatic carbocycles. The number of non-ortho nitro benzene ring substituents is 1. The fraction of sp³-hybridized carbons (Fsp3) is 0.300. The number of ether oxygens (including phenoxy) is 1. The number of rotatable bonds is 4. The summed E-state index contributed by atoms with van der Waals surface area (Å²) >= 11 is 0. The zero-order valence-corrected chi connectivity index (χ0v) is 9.15. The van der Waals surface area contributed by atoms with Crippen LogP contribution in [-0.2, 0) is 0 Å². The summed E-state index contributed by atoms with van der Waals surface area (Å²) in [5.41, 5.74) is -0.926. The molecule has 1 rings (SSSR count). The summed E-state index contributed by atoms with van der Waals surface area (Å²) in [6.07, 6.45) is -5.05. The standard InChI is InChI=1S/C10H8F3NO4/c1-2-8(15)7-5-6(14(16)17)3-4-9(7)18-10(11,12)13/h3-5H,2H2,1H3. The van der Waals surface area contributed by atoms with Crippen LogP contribution in [-0.4, -0.2) is 17.1 Å². The van der Waals surface area contributed by atoms with Crippen molar-refractivity contribution >= 4 is 11.5 Å². The predicted octanol–water partition coefficient (Wildman–Crippen LogP) is 3.09. The van der Waals surface area contributed by atoms with Gasteiger partial charge in [0.2, 0.25) is 0 Å². The normalized spacial score (nSPS) is 11.1. The molecule has 0 heterocycles. The second kappa shape index (κ2) is 5.03. The molecule has 0 bridgehead atoms. The van der Waals surface area contributed by atoms with E-state index >= 15 is 0 Å². The summed E-state index contributed by atoms with van der Waals surface area (Å²) < 4.78 is 39.9. The van der Waals surface area contributed by atoms with Crippen LogP contribution in [0, 0.1) is 10.1 Å². The van der Waals surface area contributed by atoms with Crippen LogP contribution in [0.5, 0.6) is 5.75 Å². The Labute approximate surface area is 99.3 Å². The number of Topliss-reactive ketones (excluding diaryl/α,β-unsaturated/α-hetero) is 1. The molecule has 0 radical (unpaired) electrons. The predicted molar refractivity (Wildman–Crippen MR) is 54.4 cm³/mol. The van der Waals surface area contributed by atoms with Crippen molar-refractivity contribution in [2.24, 2.45) is 0 Å². The van der Waals surface area contributed by atoms with Gasteiger partial charge in [-0.25, -0.2) is 0 Å². The van der Waals surface area contributed by atoms with Crippen molar-refractivity contribution in [3.8, 4) is 5.75 Å². The molecule has 0 amide bonds. The van der Waals surface area contributed by atoms with Crippen LogP contribution in [0.2, 0.25) is 0 Å². The van der Waals surface area contributed by atoms with Gasteiger partial charge in [0.1, 0.15) is 5.75 Å². The Morgan fingerprint density at radius 2 is 2.06 bits per heavy atom. The zero-order valence-electron chi connectivity index (χ0n) is 9.15. The van der Waals surface area contributed by atoms with Crippen LogP contribution in [0.15, 0.2) is 18.2 Å². The third-order valence-corrected chi connectivity index (χ3v) is 2.02. The average molecular weight is 263 g/mol. The van der Waals surface area contributed by atoms with E-state index in [4.69, 9.17) is 0 Å². The Kier molecular flexibility index (Phi) is 3.89. The number of carbonyl (C=O) groups excluding carboxylic acids is 1. The molecule has 0 N–H and O–H groups in total. The van der Waals surface area contributed by atoms with Crippen LogP contribution < -0.4 is 4.74 Å². The highest BCUT2D eigenvalue weighted by Gasteiger charge is 2.33. The molecule has 18 heavy (non-hydrogen) atoms. The van der Waals surface area contributed by atoms with Gasteiger partial charge in [-0.2, -0.15) is 0 Å². The summed E-state index contributed by atoms with van der Waals surface area (Å²) in [4.78, 5) is 21.1. The molecular weight excluding hydrogens is 255 g/mol. The number of halogens is 3. The molecule has 0 atom stereocenters. The average Bonchev–Trinajstić information content (AvgIpc) is 2.26. The number of benzene rings is 1. The second-order valence-corrected chi connectivity index (χ2v) is 3.26. The van der Waals surface area contributed by atoms with Crippen LogP contribution in [0.4, 0.5) is 18.9 Å². The molecule has 0 aromatic heterocycles. The number of nitro benzene ring substituents is 1. The molecular formula is C10H8F3NO4. The smallest absolute Gasteiger partial charge is 0.405 e. The number of nitrogens with zero attached hydrogens (tertiary/aromatic N) is 1. The van der Waals surface area contributed by atoms with Crippen molar-refractivity contribution in [3.63, 3.8) is 0 Å². The van der Waals surface area contributed by atoms with Gasteiger partial charge in [0.15, 0.2) is 5.78 Å². The molecule has 0 spiro atoms. The van der Waals surface area contributed by atoms with Crippen molar-refractivity contribution in [1.82, 2.24) is 0 Å². The van der Waals surface area contributed by atoms with Gasteiger partial charge in [-0.15, -0.1) is 13.2 Å². The first-order valence-electron chi connectivity index (χ1n) is 4.82. The summed E-state index contributed by atoms with van der Waals surface area (Å²) in [5, 5.41) is 10.5. The van der Waals surface area contributed by atoms with Gasteiger partial charge in [0.05, 0.1) is 10.5 Å². The minimum atomic E-state index is -4.96. The van der Waals surface area contributed by atoms with Crippen molar-refractivity contribution in [3.05, 3.63) is 33.9 Å². The van der Waals surface area contributed by atoms with Gasteiger partial charge in [-0.1, -0.05) is 6.92 Å².